The van der Waals surface area contributed by atoms with Gasteiger partial charge in [0.1, 0.15) is 18.1 Å². The lowest BCUT2D eigenvalue weighted by Gasteiger charge is -2.08. The molecule has 1 amide bonds. The molecule has 2 aromatic heterocycles. The van der Waals surface area contributed by atoms with Gasteiger partial charge in [-0.15, -0.1) is 10.2 Å². The van der Waals surface area contributed by atoms with Crippen molar-refractivity contribution >= 4 is 49.8 Å². The molecule has 5 aromatic rings. The van der Waals surface area contributed by atoms with Crippen LogP contribution in [-0.4, -0.2) is 24.5 Å². The van der Waals surface area contributed by atoms with E-state index in [1.165, 1.54) is 36.4 Å². The quantitative estimate of drug-likeness (QED) is 0.269. The SMILES string of the molecule is O=C(Nc1ccc(S(=O)(=O)Nc2ccc(Cl)nn2)cc1)c1ccc(COc2ccc3ccccc3c2)o1. The molecule has 0 bridgehead atoms. The second kappa shape index (κ2) is 10.3. The maximum atomic E-state index is 12.6. The highest BCUT2D eigenvalue weighted by atomic mass is 35.5. The second-order valence-electron chi connectivity index (χ2n) is 7.89. The molecule has 5 rings (SSSR count). The van der Waals surface area contributed by atoms with Crippen LogP contribution in [0.15, 0.2) is 100 Å². The summed E-state index contributed by atoms with van der Waals surface area (Å²) in [6.45, 7) is 0.156. The molecule has 0 aliphatic rings. The molecule has 2 N–H and O–H groups in total. The molecule has 0 aliphatic heterocycles. The highest BCUT2D eigenvalue weighted by Crippen LogP contribution is 2.22. The van der Waals surface area contributed by atoms with Gasteiger partial charge in [-0.3, -0.25) is 9.52 Å². The van der Waals surface area contributed by atoms with Crippen LogP contribution in [0.3, 0.4) is 0 Å². The number of hydrogen-bond donors (Lipinski definition) is 2. The first-order valence-electron chi connectivity index (χ1n) is 11.0. The highest BCUT2D eigenvalue weighted by molar-refractivity contribution is 7.92. The van der Waals surface area contributed by atoms with Gasteiger partial charge in [0, 0.05) is 5.69 Å². The van der Waals surface area contributed by atoms with E-state index in [2.05, 4.69) is 20.2 Å². The minimum Gasteiger partial charge on any atom is -0.486 e. The summed E-state index contributed by atoms with van der Waals surface area (Å²) in [5.41, 5.74) is 0.389. The maximum Gasteiger partial charge on any atom is 0.291 e. The molecule has 0 fully saturated rings. The number of hydrogen-bond acceptors (Lipinski definition) is 7. The first kappa shape index (κ1) is 24.3. The standard InChI is InChI=1S/C26H19ClN4O5S/c27-24-13-14-25(30-29-24)31-37(33,34)22-10-6-19(7-11-22)28-26(32)23-12-9-21(36-23)16-35-20-8-5-17-3-1-2-4-18(17)15-20/h1-15H,16H2,(H,28,32)(H,30,31). The summed E-state index contributed by atoms with van der Waals surface area (Å²) in [7, 11) is -3.90. The van der Waals surface area contributed by atoms with Gasteiger partial charge >= 0.3 is 0 Å². The molecule has 0 saturated carbocycles. The van der Waals surface area contributed by atoms with Crippen LogP contribution in [0.4, 0.5) is 11.5 Å². The van der Waals surface area contributed by atoms with Crippen LogP contribution in [0, 0.1) is 0 Å². The number of rotatable bonds is 8. The summed E-state index contributed by atoms with van der Waals surface area (Å²) in [5.74, 6) is 0.809. The number of nitrogens with zero attached hydrogens (tertiary/aromatic N) is 2. The minimum absolute atomic E-state index is 0.0200. The van der Waals surface area contributed by atoms with Crippen LogP contribution >= 0.6 is 11.6 Å². The highest BCUT2D eigenvalue weighted by Gasteiger charge is 2.16. The van der Waals surface area contributed by atoms with Crippen LogP contribution < -0.4 is 14.8 Å². The van der Waals surface area contributed by atoms with E-state index >= 15 is 0 Å². The van der Waals surface area contributed by atoms with E-state index in [0.29, 0.717) is 17.2 Å². The molecule has 3 aromatic carbocycles. The normalized spacial score (nSPS) is 11.3. The summed E-state index contributed by atoms with van der Waals surface area (Å²) in [6.07, 6.45) is 0. The number of benzene rings is 3. The molecule has 37 heavy (non-hydrogen) atoms. The number of halogens is 1. The Labute approximate surface area is 217 Å². The summed E-state index contributed by atoms with van der Waals surface area (Å²) < 4.78 is 38.8. The summed E-state index contributed by atoms with van der Waals surface area (Å²) in [6, 6.07) is 25.4. The van der Waals surface area contributed by atoms with Crippen LogP contribution in [0.5, 0.6) is 5.75 Å². The summed E-state index contributed by atoms with van der Waals surface area (Å²) in [5, 5.41) is 12.3. The molecule has 0 radical (unpaired) electrons. The number of anilines is 2. The van der Waals surface area contributed by atoms with Crippen LogP contribution in [-0.2, 0) is 16.6 Å². The summed E-state index contributed by atoms with van der Waals surface area (Å²) in [4.78, 5) is 12.6. The molecule has 2 heterocycles. The zero-order valence-corrected chi connectivity index (χ0v) is 20.7. The monoisotopic (exact) mass is 534 g/mol. The molecule has 0 unspecified atom stereocenters. The van der Waals surface area contributed by atoms with Crippen molar-refractivity contribution in [2.45, 2.75) is 11.5 Å². The Morgan fingerprint density at radius 1 is 0.892 bits per heavy atom. The van der Waals surface area contributed by atoms with Crippen molar-refractivity contribution in [3.05, 3.63) is 108 Å². The van der Waals surface area contributed by atoms with E-state index in [-0.39, 0.29) is 28.2 Å². The van der Waals surface area contributed by atoms with Crippen molar-refractivity contribution in [1.82, 2.24) is 10.2 Å². The van der Waals surface area contributed by atoms with Crippen molar-refractivity contribution in [1.29, 1.82) is 0 Å². The Morgan fingerprint density at radius 3 is 2.43 bits per heavy atom. The molecule has 0 aliphatic carbocycles. The van der Waals surface area contributed by atoms with Gasteiger partial charge in [-0.05, 0) is 71.4 Å². The van der Waals surface area contributed by atoms with E-state index < -0.39 is 15.9 Å². The Kier molecular flexibility index (Phi) is 6.76. The van der Waals surface area contributed by atoms with Crippen LogP contribution in [0.1, 0.15) is 16.3 Å². The fourth-order valence-corrected chi connectivity index (χ4v) is 4.56. The van der Waals surface area contributed by atoms with Gasteiger partial charge in [-0.1, -0.05) is 41.9 Å². The smallest absolute Gasteiger partial charge is 0.291 e. The fourth-order valence-electron chi connectivity index (χ4n) is 3.47. The van der Waals surface area contributed by atoms with Crippen molar-refractivity contribution < 1.29 is 22.4 Å². The number of nitrogens with one attached hydrogen (secondary N) is 2. The van der Waals surface area contributed by atoms with Crippen LogP contribution in [0.2, 0.25) is 5.15 Å². The molecule has 9 nitrogen and oxygen atoms in total. The second-order valence-corrected chi connectivity index (χ2v) is 9.96. The zero-order chi connectivity index (χ0) is 25.8. The first-order chi connectivity index (χ1) is 17.9. The van der Waals surface area contributed by atoms with Gasteiger partial charge in [0.05, 0.1) is 4.90 Å². The van der Waals surface area contributed by atoms with Gasteiger partial charge in [-0.25, -0.2) is 8.42 Å². The minimum atomic E-state index is -3.90. The van der Waals surface area contributed by atoms with Gasteiger partial charge in [0.2, 0.25) is 0 Å². The number of aromatic nitrogens is 2. The topological polar surface area (TPSA) is 123 Å². The van der Waals surface area contributed by atoms with Crippen molar-refractivity contribution in [2.24, 2.45) is 0 Å². The molecule has 186 valence electrons. The lowest BCUT2D eigenvalue weighted by molar-refractivity contribution is 0.0992. The third-order valence-electron chi connectivity index (χ3n) is 5.28. The number of carbonyl (C=O) groups is 1. The van der Waals surface area contributed by atoms with Crippen molar-refractivity contribution in [2.75, 3.05) is 10.0 Å². The Balaban J connectivity index is 1.18. The Bertz CT molecular complexity index is 1670. The van der Waals surface area contributed by atoms with Crippen LogP contribution in [0.25, 0.3) is 10.8 Å². The number of carbonyl (C=O) groups excluding carboxylic acids is 1. The number of ether oxygens (including phenoxy) is 1. The van der Waals surface area contributed by atoms with E-state index in [9.17, 15) is 13.2 Å². The summed E-state index contributed by atoms with van der Waals surface area (Å²) >= 11 is 5.66. The van der Waals surface area contributed by atoms with E-state index in [4.69, 9.17) is 20.8 Å². The molecule has 0 atom stereocenters. The molecule has 0 saturated heterocycles. The van der Waals surface area contributed by atoms with Gasteiger partial charge in [0.15, 0.2) is 16.7 Å². The fraction of sp³-hybridized carbons (Fsp3) is 0.0385. The first-order valence-corrected chi connectivity index (χ1v) is 12.9. The van der Waals surface area contributed by atoms with Gasteiger partial charge in [-0.2, -0.15) is 0 Å². The van der Waals surface area contributed by atoms with Gasteiger partial charge in [0.25, 0.3) is 15.9 Å². The van der Waals surface area contributed by atoms with Gasteiger partial charge < -0.3 is 14.5 Å². The Morgan fingerprint density at radius 2 is 1.68 bits per heavy atom. The zero-order valence-electron chi connectivity index (χ0n) is 19.1. The predicted octanol–water partition coefficient (Wildman–Crippen LogP) is 5.51. The third kappa shape index (κ3) is 5.88. The number of fused-ring (bicyclic) bond motifs is 1. The lowest BCUT2D eigenvalue weighted by Crippen LogP contribution is -2.15. The number of sulfonamides is 1. The number of furan rings is 1. The predicted molar refractivity (Wildman–Crippen MR) is 139 cm³/mol. The average molecular weight is 535 g/mol. The molecular weight excluding hydrogens is 516 g/mol. The van der Waals surface area contributed by atoms with E-state index in [0.717, 1.165) is 10.8 Å². The Hall–Kier alpha value is -4.41. The van der Waals surface area contributed by atoms with E-state index in [1.54, 1.807) is 12.1 Å². The maximum absolute atomic E-state index is 12.6. The average Bonchev–Trinajstić information content (AvgIpc) is 3.38. The number of amides is 1. The largest absolute Gasteiger partial charge is 0.486 e. The molecular formula is C26H19ClN4O5S. The molecule has 11 heteroatoms. The molecule has 0 spiro atoms. The lowest BCUT2D eigenvalue weighted by atomic mass is 10.1. The van der Waals surface area contributed by atoms with E-state index in [1.807, 2.05) is 42.5 Å². The third-order valence-corrected chi connectivity index (χ3v) is 6.85. The van der Waals surface area contributed by atoms with Crippen molar-refractivity contribution in [3.8, 4) is 5.75 Å². The van der Waals surface area contributed by atoms with Crippen molar-refractivity contribution in [3.63, 3.8) is 0 Å².